The number of carboxylic acid groups (broad SMARTS) is 1. The molecule has 1 atom stereocenters. The predicted molar refractivity (Wildman–Crippen MR) is 83.3 cm³/mol. The normalized spacial score (nSPS) is 15.1. The van der Waals surface area contributed by atoms with Crippen LogP contribution >= 0.6 is 0 Å². The minimum Gasteiger partial charge on any atom is -0.481 e. The maximum Gasteiger partial charge on any atom is 0.305 e. The van der Waals surface area contributed by atoms with Crippen LogP contribution in [0.3, 0.4) is 0 Å². The second-order valence-electron chi connectivity index (χ2n) is 5.86. The predicted octanol–water partition coefficient (Wildman–Crippen LogP) is 3.17. The maximum absolute atomic E-state index is 11.1. The summed E-state index contributed by atoms with van der Waals surface area (Å²) in [5.41, 5.74) is 5.66. The van der Waals surface area contributed by atoms with E-state index in [1.807, 2.05) is 20.0 Å². The van der Waals surface area contributed by atoms with Gasteiger partial charge in [0, 0.05) is 0 Å². The molecule has 0 bridgehead atoms. The minimum absolute atomic E-state index is 0.0647. The summed E-state index contributed by atoms with van der Waals surface area (Å²) in [6, 6.07) is 14.7. The lowest BCUT2D eigenvalue weighted by molar-refractivity contribution is -0.138. The Morgan fingerprint density at radius 1 is 1.19 bits per heavy atom. The quantitative estimate of drug-likeness (QED) is 0.772. The van der Waals surface area contributed by atoms with Crippen LogP contribution in [-0.2, 0) is 16.8 Å². The van der Waals surface area contributed by atoms with Crippen molar-refractivity contribution in [2.45, 2.75) is 25.3 Å². The van der Waals surface area contributed by atoms with Gasteiger partial charge in [0.05, 0.1) is 12.0 Å². The van der Waals surface area contributed by atoms with Crippen LogP contribution in [0.4, 0.5) is 0 Å². The van der Waals surface area contributed by atoms with E-state index in [0.29, 0.717) is 0 Å². The molecule has 0 radical (unpaired) electrons. The van der Waals surface area contributed by atoms with Gasteiger partial charge in [-0.1, -0.05) is 42.5 Å². The molecule has 3 heteroatoms. The lowest BCUT2D eigenvalue weighted by Gasteiger charge is -2.28. The molecule has 1 unspecified atom stereocenters. The van der Waals surface area contributed by atoms with Gasteiger partial charge in [0.25, 0.3) is 0 Å². The lowest BCUT2D eigenvalue weighted by atomic mass is 9.87. The Morgan fingerprint density at radius 3 is 2.62 bits per heavy atom. The van der Waals surface area contributed by atoms with Gasteiger partial charge < -0.3 is 10.4 Å². The van der Waals surface area contributed by atoms with Crippen molar-refractivity contribution in [1.29, 1.82) is 0 Å². The Morgan fingerprint density at radius 2 is 1.90 bits per heavy atom. The van der Waals surface area contributed by atoms with E-state index in [1.165, 1.54) is 22.3 Å². The molecule has 0 heterocycles. The van der Waals surface area contributed by atoms with E-state index in [9.17, 15) is 4.79 Å². The monoisotopic (exact) mass is 281 g/mol. The van der Waals surface area contributed by atoms with Crippen molar-refractivity contribution in [3.63, 3.8) is 0 Å². The molecule has 108 valence electrons. The number of hydrogen-bond acceptors (Lipinski definition) is 2. The third kappa shape index (κ3) is 2.34. The van der Waals surface area contributed by atoms with E-state index < -0.39 is 11.5 Å². The Hall–Kier alpha value is -2.13. The Balaban J connectivity index is 2.02. The van der Waals surface area contributed by atoms with Crippen LogP contribution in [0, 0.1) is 0 Å². The van der Waals surface area contributed by atoms with Crippen LogP contribution in [0.2, 0.25) is 0 Å². The fourth-order valence-corrected chi connectivity index (χ4v) is 3.13. The fraction of sp³-hybridized carbons (Fsp3) is 0.278. The molecule has 0 fully saturated rings. The first kappa shape index (κ1) is 13.8. The van der Waals surface area contributed by atoms with Crippen molar-refractivity contribution in [1.82, 2.24) is 5.32 Å². The van der Waals surface area contributed by atoms with E-state index in [-0.39, 0.29) is 6.42 Å². The first-order chi connectivity index (χ1) is 10.0. The van der Waals surface area contributed by atoms with Crippen molar-refractivity contribution in [3.8, 4) is 11.1 Å². The van der Waals surface area contributed by atoms with Gasteiger partial charge in [-0.2, -0.15) is 0 Å². The zero-order chi connectivity index (χ0) is 15.0. The number of carboxylic acids is 1. The van der Waals surface area contributed by atoms with Gasteiger partial charge in [-0.25, -0.2) is 0 Å². The summed E-state index contributed by atoms with van der Waals surface area (Å²) in [7, 11) is 1.81. The van der Waals surface area contributed by atoms with Crippen molar-refractivity contribution in [3.05, 3.63) is 59.2 Å². The Bertz CT molecular complexity index is 708. The molecule has 2 aromatic rings. The number of fused-ring (bicyclic) bond motifs is 3. The molecule has 3 rings (SSSR count). The summed E-state index contributed by atoms with van der Waals surface area (Å²) >= 11 is 0. The molecule has 0 aliphatic heterocycles. The lowest BCUT2D eigenvalue weighted by Crippen LogP contribution is -2.39. The van der Waals surface area contributed by atoms with E-state index in [2.05, 4.69) is 41.7 Å². The summed E-state index contributed by atoms with van der Waals surface area (Å²) in [4.78, 5) is 11.1. The van der Waals surface area contributed by atoms with Gasteiger partial charge in [-0.15, -0.1) is 0 Å². The second kappa shape index (κ2) is 5.01. The maximum atomic E-state index is 11.1. The summed E-state index contributed by atoms with van der Waals surface area (Å²) in [5.74, 6) is -0.796. The molecule has 1 aliphatic rings. The smallest absolute Gasteiger partial charge is 0.305 e. The fourth-order valence-electron chi connectivity index (χ4n) is 3.13. The number of rotatable bonds is 4. The van der Waals surface area contributed by atoms with Crippen LogP contribution in [0.5, 0.6) is 0 Å². The third-order valence-electron chi connectivity index (χ3n) is 4.49. The average molecular weight is 281 g/mol. The van der Waals surface area contributed by atoms with Gasteiger partial charge in [-0.3, -0.25) is 4.79 Å². The highest BCUT2D eigenvalue weighted by atomic mass is 16.4. The molecule has 0 saturated carbocycles. The largest absolute Gasteiger partial charge is 0.481 e. The molecule has 2 N–H and O–H groups in total. The third-order valence-corrected chi connectivity index (χ3v) is 4.49. The number of aliphatic carboxylic acids is 1. The molecular formula is C18H19NO2. The van der Waals surface area contributed by atoms with Gasteiger partial charge >= 0.3 is 5.97 Å². The van der Waals surface area contributed by atoms with Crippen LogP contribution < -0.4 is 5.32 Å². The molecule has 21 heavy (non-hydrogen) atoms. The van der Waals surface area contributed by atoms with Crippen molar-refractivity contribution in [2.24, 2.45) is 0 Å². The van der Waals surface area contributed by atoms with Gasteiger partial charge in [0.2, 0.25) is 0 Å². The van der Waals surface area contributed by atoms with Gasteiger partial charge in [0.1, 0.15) is 0 Å². The number of carbonyl (C=O) groups is 1. The highest BCUT2D eigenvalue weighted by molar-refractivity contribution is 5.77. The summed E-state index contributed by atoms with van der Waals surface area (Å²) in [6.45, 7) is 1.94. The summed E-state index contributed by atoms with van der Waals surface area (Å²) in [6.07, 6.45) is 0.988. The summed E-state index contributed by atoms with van der Waals surface area (Å²) < 4.78 is 0. The number of nitrogens with one attached hydrogen (secondary N) is 1. The SMILES string of the molecule is CNC(C)(CC(=O)O)c1ccc2c(c1)Cc1ccccc1-2. The topological polar surface area (TPSA) is 49.3 Å². The highest BCUT2D eigenvalue weighted by Crippen LogP contribution is 2.38. The zero-order valence-corrected chi connectivity index (χ0v) is 12.3. The molecule has 3 nitrogen and oxygen atoms in total. The number of hydrogen-bond donors (Lipinski definition) is 2. The van der Waals surface area contributed by atoms with Crippen molar-refractivity contribution in [2.75, 3.05) is 7.05 Å². The van der Waals surface area contributed by atoms with E-state index in [0.717, 1.165) is 12.0 Å². The molecule has 0 saturated heterocycles. The van der Waals surface area contributed by atoms with Crippen molar-refractivity contribution >= 4 is 5.97 Å². The van der Waals surface area contributed by atoms with Crippen LogP contribution in [0.25, 0.3) is 11.1 Å². The first-order valence-corrected chi connectivity index (χ1v) is 7.16. The summed E-state index contributed by atoms with van der Waals surface area (Å²) in [5, 5.41) is 12.3. The highest BCUT2D eigenvalue weighted by Gasteiger charge is 2.29. The van der Waals surface area contributed by atoms with Gasteiger partial charge in [0.15, 0.2) is 0 Å². The molecule has 2 aromatic carbocycles. The first-order valence-electron chi connectivity index (χ1n) is 7.16. The van der Waals surface area contributed by atoms with Crippen molar-refractivity contribution < 1.29 is 9.90 Å². The molecule has 0 amide bonds. The molecule has 0 spiro atoms. The van der Waals surface area contributed by atoms with Gasteiger partial charge in [-0.05, 0) is 48.2 Å². The molecular weight excluding hydrogens is 262 g/mol. The zero-order valence-electron chi connectivity index (χ0n) is 12.3. The van der Waals surface area contributed by atoms with Crippen LogP contribution in [0.15, 0.2) is 42.5 Å². The number of benzene rings is 2. The standard InChI is InChI=1S/C18H19NO2/c1-18(19-2,11-17(20)21)14-7-8-16-13(10-14)9-12-5-3-4-6-15(12)16/h3-8,10,19H,9,11H2,1-2H3,(H,20,21). The minimum atomic E-state index is -0.796. The van der Waals surface area contributed by atoms with Crippen LogP contribution in [0.1, 0.15) is 30.0 Å². The Labute approximate surface area is 124 Å². The van der Waals surface area contributed by atoms with E-state index in [1.54, 1.807) is 0 Å². The van der Waals surface area contributed by atoms with E-state index >= 15 is 0 Å². The average Bonchev–Trinajstić information content (AvgIpc) is 2.84. The second-order valence-corrected chi connectivity index (χ2v) is 5.86. The molecule has 0 aromatic heterocycles. The molecule has 1 aliphatic carbocycles. The Kier molecular flexibility index (Phi) is 3.30. The van der Waals surface area contributed by atoms with E-state index in [4.69, 9.17) is 5.11 Å². The van der Waals surface area contributed by atoms with Crippen LogP contribution in [-0.4, -0.2) is 18.1 Å².